The van der Waals surface area contributed by atoms with Gasteiger partial charge < -0.3 is 10.4 Å². The van der Waals surface area contributed by atoms with Gasteiger partial charge in [0.25, 0.3) is 0 Å². The fourth-order valence-corrected chi connectivity index (χ4v) is 2.57. The fourth-order valence-electron chi connectivity index (χ4n) is 1.26. The van der Waals surface area contributed by atoms with Crippen molar-refractivity contribution < 1.29 is 14.7 Å². The Morgan fingerprint density at radius 2 is 1.78 bits per heavy atom. The molecule has 18 heavy (non-hydrogen) atoms. The molecule has 0 unspecified atom stereocenters. The van der Waals surface area contributed by atoms with Gasteiger partial charge in [-0.1, -0.05) is 39.1 Å². The number of nitrogens with one attached hydrogen (secondary N) is 1. The van der Waals surface area contributed by atoms with Crippen molar-refractivity contribution in [3.63, 3.8) is 0 Å². The first-order valence-corrected chi connectivity index (χ1v) is 6.61. The third-order valence-electron chi connectivity index (χ3n) is 2.07. The van der Waals surface area contributed by atoms with Crippen LogP contribution >= 0.6 is 39.1 Å². The van der Waals surface area contributed by atoms with Gasteiger partial charge in [-0.25, -0.2) is 0 Å². The molecule has 0 fully saturated rings. The summed E-state index contributed by atoms with van der Waals surface area (Å²) in [7, 11) is 0. The average molecular weight is 355 g/mol. The van der Waals surface area contributed by atoms with E-state index < -0.39 is 5.97 Å². The summed E-state index contributed by atoms with van der Waals surface area (Å²) in [5.41, 5.74) is 0.335. The van der Waals surface area contributed by atoms with Crippen molar-refractivity contribution >= 4 is 56.7 Å². The summed E-state index contributed by atoms with van der Waals surface area (Å²) < 4.78 is 0.710. The van der Waals surface area contributed by atoms with Crippen LogP contribution in [-0.2, 0) is 9.59 Å². The van der Waals surface area contributed by atoms with Gasteiger partial charge in [-0.15, -0.1) is 0 Å². The summed E-state index contributed by atoms with van der Waals surface area (Å²) in [5, 5.41) is 11.7. The quantitative estimate of drug-likeness (QED) is 0.841. The molecule has 0 radical (unpaired) electrons. The molecule has 4 nitrogen and oxygen atoms in total. The zero-order valence-electron chi connectivity index (χ0n) is 9.17. The molecule has 1 aromatic rings. The maximum Gasteiger partial charge on any atom is 0.303 e. The molecule has 1 amide bonds. The van der Waals surface area contributed by atoms with Crippen molar-refractivity contribution in [2.24, 2.45) is 0 Å². The van der Waals surface area contributed by atoms with E-state index >= 15 is 0 Å². The molecule has 7 heteroatoms. The number of aliphatic carboxylic acids is 1. The first kappa shape index (κ1) is 15.3. The van der Waals surface area contributed by atoms with E-state index in [4.69, 9.17) is 28.3 Å². The zero-order chi connectivity index (χ0) is 13.7. The van der Waals surface area contributed by atoms with Crippen LogP contribution in [-0.4, -0.2) is 17.0 Å². The Bertz CT molecular complexity index is 456. The number of rotatable bonds is 5. The van der Waals surface area contributed by atoms with E-state index in [1.165, 1.54) is 0 Å². The molecule has 0 atom stereocenters. The van der Waals surface area contributed by atoms with E-state index in [1.54, 1.807) is 12.1 Å². The van der Waals surface area contributed by atoms with Crippen LogP contribution in [0.1, 0.15) is 19.3 Å². The smallest absolute Gasteiger partial charge is 0.303 e. The second kappa shape index (κ2) is 6.97. The molecule has 98 valence electrons. The van der Waals surface area contributed by atoms with Gasteiger partial charge in [-0.05, 0) is 18.6 Å². The predicted octanol–water partition coefficient (Wildman–Crippen LogP) is 3.95. The lowest BCUT2D eigenvalue weighted by Crippen LogP contribution is -2.12. The van der Waals surface area contributed by atoms with E-state index in [0.717, 1.165) is 0 Å². The van der Waals surface area contributed by atoms with Crippen molar-refractivity contribution in [3.05, 3.63) is 26.7 Å². The minimum Gasteiger partial charge on any atom is -0.481 e. The highest BCUT2D eigenvalue weighted by Gasteiger charge is 2.11. The molecule has 0 aliphatic rings. The van der Waals surface area contributed by atoms with Gasteiger partial charge in [0.15, 0.2) is 0 Å². The molecule has 0 heterocycles. The monoisotopic (exact) mass is 353 g/mol. The zero-order valence-corrected chi connectivity index (χ0v) is 12.3. The lowest BCUT2D eigenvalue weighted by Gasteiger charge is -2.09. The van der Waals surface area contributed by atoms with Crippen LogP contribution in [0.2, 0.25) is 10.0 Å². The molecule has 0 aromatic heterocycles. The highest BCUT2D eigenvalue weighted by Crippen LogP contribution is 2.33. The number of anilines is 1. The number of hydrogen-bond donors (Lipinski definition) is 2. The normalized spacial score (nSPS) is 10.2. The molecule has 0 aliphatic heterocycles. The van der Waals surface area contributed by atoms with Gasteiger partial charge in [-0.3, -0.25) is 9.59 Å². The number of carboxylic acid groups (broad SMARTS) is 1. The molecule has 1 aromatic carbocycles. The molecule has 0 saturated carbocycles. The van der Waals surface area contributed by atoms with Gasteiger partial charge in [0.2, 0.25) is 5.91 Å². The van der Waals surface area contributed by atoms with Crippen molar-refractivity contribution in [2.45, 2.75) is 19.3 Å². The minimum absolute atomic E-state index is 0.0464. The van der Waals surface area contributed by atoms with Gasteiger partial charge in [0, 0.05) is 17.3 Å². The molecule has 0 bridgehead atoms. The molecule has 1 rings (SSSR count). The Balaban J connectivity index is 2.62. The molecule has 2 N–H and O–H groups in total. The van der Waals surface area contributed by atoms with Crippen molar-refractivity contribution in [1.82, 2.24) is 0 Å². The Labute approximate surface area is 122 Å². The molecule has 0 saturated heterocycles. The Hall–Kier alpha value is -0.780. The summed E-state index contributed by atoms with van der Waals surface area (Å²) in [6.45, 7) is 0. The number of amides is 1. The number of carbonyl (C=O) groups is 2. The highest BCUT2D eigenvalue weighted by atomic mass is 79.9. The second-order valence-electron chi connectivity index (χ2n) is 3.54. The largest absolute Gasteiger partial charge is 0.481 e. The second-order valence-corrected chi connectivity index (χ2v) is 5.27. The third-order valence-corrected chi connectivity index (χ3v) is 3.12. The Kier molecular flexibility index (Phi) is 5.91. The van der Waals surface area contributed by atoms with Gasteiger partial charge >= 0.3 is 5.97 Å². The van der Waals surface area contributed by atoms with Crippen molar-refractivity contribution in [3.8, 4) is 0 Å². The SMILES string of the molecule is O=C(O)CCCC(=O)Nc1c(Cl)cc(Br)cc1Cl. The highest BCUT2D eigenvalue weighted by molar-refractivity contribution is 9.10. The van der Waals surface area contributed by atoms with Crippen LogP contribution in [0.3, 0.4) is 0 Å². The van der Waals surface area contributed by atoms with Gasteiger partial charge in [0.1, 0.15) is 0 Å². The first-order chi connectivity index (χ1) is 8.40. The maximum atomic E-state index is 11.6. The van der Waals surface area contributed by atoms with Crippen LogP contribution in [0, 0.1) is 0 Å². The number of hydrogen-bond acceptors (Lipinski definition) is 2. The Morgan fingerprint density at radius 1 is 1.22 bits per heavy atom. The maximum absolute atomic E-state index is 11.6. The summed E-state index contributed by atoms with van der Waals surface area (Å²) in [6, 6.07) is 3.22. The minimum atomic E-state index is -0.928. The molecular formula is C11H10BrCl2NO3. The van der Waals surface area contributed by atoms with E-state index in [2.05, 4.69) is 21.2 Å². The van der Waals surface area contributed by atoms with Gasteiger partial charge in [-0.2, -0.15) is 0 Å². The lowest BCUT2D eigenvalue weighted by atomic mass is 10.2. The van der Waals surface area contributed by atoms with Crippen molar-refractivity contribution in [2.75, 3.05) is 5.32 Å². The number of carboxylic acids is 1. The van der Waals surface area contributed by atoms with Gasteiger partial charge in [0.05, 0.1) is 15.7 Å². The molecular weight excluding hydrogens is 345 g/mol. The van der Waals surface area contributed by atoms with Crippen LogP contribution in [0.25, 0.3) is 0 Å². The van der Waals surface area contributed by atoms with E-state index in [9.17, 15) is 9.59 Å². The summed E-state index contributed by atoms with van der Waals surface area (Å²) >= 11 is 15.1. The van der Waals surface area contributed by atoms with E-state index in [0.29, 0.717) is 20.2 Å². The van der Waals surface area contributed by atoms with Crippen molar-refractivity contribution in [1.29, 1.82) is 0 Å². The Morgan fingerprint density at radius 3 is 2.28 bits per heavy atom. The van der Waals surface area contributed by atoms with E-state index in [-0.39, 0.29) is 25.2 Å². The summed E-state index contributed by atoms with van der Waals surface area (Å²) in [5.74, 6) is -1.25. The van der Waals surface area contributed by atoms with Crippen LogP contribution in [0.5, 0.6) is 0 Å². The molecule has 0 spiro atoms. The number of halogens is 3. The first-order valence-electron chi connectivity index (χ1n) is 5.06. The molecule has 0 aliphatic carbocycles. The van der Waals surface area contributed by atoms with Crippen LogP contribution in [0.4, 0.5) is 5.69 Å². The fraction of sp³-hybridized carbons (Fsp3) is 0.273. The number of carbonyl (C=O) groups excluding carboxylic acids is 1. The number of benzene rings is 1. The average Bonchev–Trinajstić information content (AvgIpc) is 2.22. The summed E-state index contributed by atoms with van der Waals surface area (Å²) in [6.07, 6.45) is 0.331. The van der Waals surface area contributed by atoms with Crippen LogP contribution < -0.4 is 5.32 Å². The summed E-state index contributed by atoms with van der Waals surface area (Å²) in [4.78, 5) is 21.9. The predicted molar refractivity (Wildman–Crippen MR) is 74.3 cm³/mol. The van der Waals surface area contributed by atoms with Crippen LogP contribution in [0.15, 0.2) is 16.6 Å². The topological polar surface area (TPSA) is 66.4 Å². The standard InChI is InChI=1S/C11H10BrCl2NO3/c12-6-4-7(13)11(8(14)5-6)15-9(16)2-1-3-10(17)18/h4-5H,1-3H2,(H,15,16)(H,17,18). The third kappa shape index (κ3) is 4.84. The lowest BCUT2D eigenvalue weighted by molar-refractivity contribution is -0.137. The van der Waals surface area contributed by atoms with E-state index in [1.807, 2.05) is 0 Å².